The van der Waals surface area contributed by atoms with Crippen LogP contribution < -0.4 is 0 Å². The van der Waals surface area contributed by atoms with Gasteiger partial charge < -0.3 is 14.5 Å². The van der Waals surface area contributed by atoms with Gasteiger partial charge in [-0.2, -0.15) is 0 Å². The van der Waals surface area contributed by atoms with Crippen molar-refractivity contribution in [3.05, 3.63) is 41.3 Å². The second-order valence-corrected chi connectivity index (χ2v) is 9.48. The van der Waals surface area contributed by atoms with Crippen molar-refractivity contribution in [1.82, 2.24) is 14.7 Å². The molecule has 8 heteroatoms. The Kier molecular flexibility index (Phi) is 6.72. The van der Waals surface area contributed by atoms with Gasteiger partial charge in [0.1, 0.15) is 11.5 Å². The molecule has 178 valence electrons. The van der Waals surface area contributed by atoms with Crippen LogP contribution in [0.5, 0.6) is 0 Å². The highest BCUT2D eigenvalue weighted by atomic mass is 19.1. The molecule has 0 bridgehead atoms. The zero-order valence-corrected chi connectivity index (χ0v) is 19.6. The fourth-order valence-electron chi connectivity index (χ4n) is 5.40. The van der Waals surface area contributed by atoms with E-state index in [0.717, 1.165) is 6.42 Å². The third-order valence-corrected chi connectivity index (χ3v) is 6.76. The fraction of sp³-hybridized carbons (Fsp3) is 0.560. The van der Waals surface area contributed by atoms with E-state index in [4.69, 9.17) is 4.74 Å². The van der Waals surface area contributed by atoms with Crippen LogP contribution in [0, 0.1) is 17.7 Å². The highest BCUT2D eigenvalue weighted by Gasteiger charge is 2.46. The Labute approximate surface area is 194 Å². The van der Waals surface area contributed by atoms with Crippen molar-refractivity contribution >= 4 is 23.5 Å². The van der Waals surface area contributed by atoms with Gasteiger partial charge >= 0.3 is 6.09 Å². The Bertz CT molecular complexity index is 943. The average molecular weight is 458 g/mol. The quantitative estimate of drug-likeness (QED) is 0.648. The molecule has 3 amide bonds. The van der Waals surface area contributed by atoms with E-state index < -0.39 is 0 Å². The molecular formula is C25H32FN3O4. The predicted octanol–water partition coefficient (Wildman–Crippen LogP) is 3.50. The molecule has 2 fully saturated rings. The predicted molar refractivity (Wildman–Crippen MR) is 121 cm³/mol. The lowest BCUT2D eigenvalue weighted by Crippen LogP contribution is -2.50. The second-order valence-electron chi connectivity index (χ2n) is 9.48. The summed E-state index contributed by atoms with van der Waals surface area (Å²) >= 11 is 0. The Morgan fingerprint density at radius 3 is 2.21 bits per heavy atom. The third kappa shape index (κ3) is 4.61. The molecule has 2 saturated heterocycles. The Hall–Kier alpha value is -2.90. The summed E-state index contributed by atoms with van der Waals surface area (Å²) in [4.78, 5) is 44.5. The monoisotopic (exact) mass is 457 g/mol. The van der Waals surface area contributed by atoms with Gasteiger partial charge in [-0.05, 0) is 55.7 Å². The molecule has 3 aliphatic heterocycles. The van der Waals surface area contributed by atoms with Crippen molar-refractivity contribution in [2.24, 2.45) is 11.8 Å². The third-order valence-electron chi connectivity index (χ3n) is 6.76. The van der Waals surface area contributed by atoms with Crippen molar-refractivity contribution in [2.75, 3.05) is 32.8 Å². The molecule has 4 rings (SSSR count). The summed E-state index contributed by atoms with van der Waals surface area (Å²) in [6.45, 7) is 8.66. The number of ether oxygens (including phenoxy) is 1. The van der Waals surface area contributed by atoms with Gasteiger partial charge in [0.25, 0.3) is 11.8 Å². The molecule has 3 heterocycles. The lowest BCUT2D eigenvalue weighted by Gasteiger charge is -2.38. The highest BCUT2D eigenvalue weighted by Crippen LogP contribution is 2.37. The Morgan fingerprint density at radius 1 is 1.03 bits per heavy atom. The first kappa shape index (κ1) is 23.3. The summed E-state index contributed by atoms with van der Waals surface area (Å²) in [6.07, 6.45) is 1.73. The summed E-state index contributed by atoms with van der Waals surface area (Å²) in [5.74, 6) is -0.195. The number of hydrogen-bond acceptors (Lipinski definition) is 5. The fourth-order valence-corrected chi connectivity index (χ4v) is 5.40. The van der Waals surface area contributed by atoms with Crippen LogP contribution in [0.25, 0.3) is 5.57 Å². The van der Waals surface area contributed by atoms with Crippen molar-refractivity contribution < 1.29 is 23.5 Å². The van der Waals surface area contributed by atoms with E-state index in [2.05, 4.69) is 13.8 Å². The summed E-state index contributed by atoms with van der Waals surface area (Å²) in [6, 6.07) is 5.49. The van der Waals surface area contributed by atoms with E-state index >= 15 is 0 Å². The molecule has 0 aliphatic carbocycles. The average Bonchev–Trinajstić information content (AvgIpc) is 3.04. The van der Waals surface area contributed by atoms with Crippen LogP contribution in [0.15, 0.2) is 30.0 Å². The van der Waals surface area contributed by atoms with Gasteiger partial charge in [-0.25, -0.2) is 9.18 Å². The first-order valence-corrected chi connectivity index (χ1v) is 11.8. The van der Waals surface area contributed by atoms with Crippen LogP contribution in [0.1, 0.15) is 45.6 Å². The SMILES string of the molecule is CCOC(=O)N1CCC(N2C(=O)C(c3ccc(F)cc3)=C(N3CC(C)CC(C)C3)C2=O)CC1. The van der Waals surface area contributed by atoms with Crippen LogP contribution in [-0.2, 0) is 14.3 Å². The van der Waals surface area contributed by atoms with Crippen LogP contribution in [-0.4, -0.2) is 71.4 Å². The normalized spacial score (nSPS) is 24.7. The number of carbonyl (C=O) groups is 3. The molecule has 0 N–H and O–H groups in total. The molecular weight excluding hydrogens is 425 g/mol. The van der Waals surface area contributed by atoms with Gasteiger partial charge in [-0.3, -0.25) is 14.5 Å². The van der Waals surface area contributed by atoms with Gasteiger partial charge in [0.2, 0.25) is 0 Å². The standard InChI is InChI=1S/C25H32FN3O4/c1-4-33-25(32)27-11-9-20(10-12-27)29-23(30)21(18-5-7-19(26)8-6-18)22(24(29)31)28-14-16(2)13-17(3)15-28/h5-8,16-17,20H,4,9-15H2,1-3H3. The number of amides is 3. The number of likely N-dealkylation sites (tertiary alicyclic amines) is 2. The Balaban J connectivity index is 1.63. The number of benzene rings is 1. The molecule has 33 heavy (non-hydrogen) atoms. The van der Waals surface area contributed by atoms with Gasteiger partial charge in [-0.15, -0.1) is 0 Å². The van der Waals surface area contributed by atoms with E-state index in [1.54, 1.807) is 24.0 Å². The molecule has 2 unspecified atom stereocenters. The van der Waals surface area contributed by atoms with Crippen molar-refractivity contribution in [1.29, 1.82) is 0 Å². The molecule has 1 aromatic rings. The zero-order valence-electron chi connectivity index (χ0n) is 19.6. The van der Waals surface area contributed by atoms with E-state index in [1.807, 2.05) is 4.90 Å². The molecule has 0 saturated carbocycles. The van der Waals surface area contributed by atoms with E-state index in [0.29, 0.717) is 74.3 Å². The van der Waals surface area contributed by atoms with Gasteiger partial charge in [-0.1, -0.05) is 26.0 Å². The molecule has 3 aliphatic rings. The summed E-state index contributed by atoms with van der Waals surface area (Å²) < 4.78 is 18.7. The minimum atomic E-state index is -0.388. The van der Waals surface area contributed by atoms with Gasteiger partial charge in [0.15, 0.2) is 0 Å². The highest BCUT2D eigenvalue weighted by molar-refractivity contribution is 6.35. The van der Waals surface area contributed by atoms with Crippen molar-refractivity contribution in [3.8, 4) is 0 Å². The second kappa shape index (κ2) is 9.53. The first-order chi connectivity index (χ1) is 15.8. The van der Waals surface area contributed by atoms with Gasteiger partial charge in [0.05, 0.1) is 12.2 Å². The summed E-state index contributed by atoms with van der Waals surface area (Å²) in [5, 5.41) is 0. The molecule has 7 nitrogen and oxygen atoms in total. The number of rotatable bonds is 4. The molecule has 0 spiro atoms. The van der Waals surface area contributed by atoms with Crippen LogP contribution >= 0.6 is 0 Å². The largest absolute Gasteiger partial charge is 0.450 e. The number of nitrogens with zero attached hydrogens (tertiary/aromatic N) is 3. The van der Waals surface area contributed by atoms with E-state index in [9.17, 15) is 18.8 Å². The number of carbonyl (C=O) groups excluding carboxylic acids is 3. The minimum absolute atomic E-state index is 0.282. The number of hydrogen-bond donors (Lipinski definition) is 0. The van der Waals surface area contributed by atoms with Crippen molar-refractivity contribution in [3.63, 3.8) is 0 Å². The molecule has 0 aromatic heterocycles. The molecule has 1 aromatic carbocycles. The number of halogens is 1. The summed E-state index contributed by atoms with van der Waals surface area (Å²) in [7, 11) is 0. The van der Waals surface area contributed by atoms with Crippen molar-refractivity contribution in [2.45, 2.75) is 46.1 Å². The van der Waals surface area contributed by atoms with E-state index in [-0.39, 0.29) is 29.8 Å². The smallest absolute Gasteiger partial charge is 0.409 e. The maximum atomic E-state index is 13.7. The maximum Gasteiger partial charge on any atom is 0.409 e. The molecule has 0 radical (unpaired) electrons. The van der Waals surface area contributed by atoms with Crippen LogP contribution in [0.3, 0.4) is 0 Å². The topological polar surface area (TPSA) is 70.2 Å². The van der Waals surface area contributed by atoms with Crippen LogP contribution in [0.2, 0.25) is 0 Å². The van der Waals surface area contributed by atoms with Gasteiger partial charge in [0, 0.05) is 32.2 Å². The lowest BCUT2D eigenvalue weighted by molar-refractivity contribution is -0.141. The van der Waals surface area contributed by atoms with Crippen LogP contribution in [0.4, 0.5) is 9.18 Å². The maximum absolute atomic E-state index is 13.7. The minimum Gasteiger partial charge on any atom is -0.450 e. The number of imide groups is 1. The first-order valence-electron chi connectivity index (χ1n) is 11.8. The van der Waals surface area contributed by atoms with E-state index in [1.165, 1.54) is 17.0 Å². The zero-order chi connectivity index (χ0) is 23.7. The Morgan fingerprint density at radius 2 is 1.64 bits per heavy atom. The summed E-state index contributed by atoms with van der Waals surface area (Å²) in [5.41, 5.74) is 1.34. The lowest BCUT2D eigenvalue weighted by atomic mass is 9.91. The number of piperidine rings is 2. The molecule has 2 atom stereocenters.